The van der Waals surface area contributed by atoms with E-state index in [0.29, 0.717) is 25.6 Å². The third kappa shape index (κ3) is 3.24. The van der Waals surface area contributed by atoms with Crippen molar-refractivity contribution >= 4 is 11.8 Å². The van der Waals surface area contributed by atoms with Crippen LogP contribution in [0.5, 0.6) is 0 Å². The van der Waals surface area contributed by atoms with Crippen LogP contribution in [0.25, 0.3) is 11.5 Å². The van der Waals surface area contributed by atoms with Gasteiger partial charge in [0, 0.05) is 23.8 Å². The number of carbonyl (C=O) groups excluding carboxylic acids is 1. The van der Waals surface area contributed by atoms with Crippen LogP contribution in [0.2, 0.25) is 0 Å². The van der Waals surface area contributed by atoms with Crippen LogP contribution < -0.4 is 4.90 Å². The fourth-order valence-electron chi connectivity index (χ4n) is 3.40. The molecule has 0 aliphatic carbocycles. The summed E-state index contributed by atoms with van der Waals surface area (Å²) in [6.45, 7) is 5.83. The van der Waals surface area contributed by atoms with Crippen molar-refractivity contribution < 1.29 is 18.8 Å². The van der Waals surface area contributed by atoms with Gasteiger partial charge in [-0.1, -0.05) is 11.2 Å². The Balaban J connectivity index is 1.57. The minimum absolute atomic E-state index is 0.167. The molecule has 0 saturated carbocycles. The molecule has 4 rings (SSSR count). The van der Waals surface area contributed by atoms with Gasteiger partial charge in [-0.3, -0.25) is 4.90 Å². The van der Waals surface area contributed by atoms with Crippen molar-refractivity contribution in [1.29, 1.82) is 0 Å². The highest BCUT2D eigenvalue weighted by molar-refractivity contribution is 5.90. The van der Waals surface area contributed by atoms with Gasteiger partial charge in [-0.15, -0.1) is 0 Å². The number of anilines is 1. The minimum atomic E-state index is -0.326. The van der Waals surface area contributed by atoms with Gasteiger partial charge in [0.1, 0.15) is 6.61 Å². The molecule has 7 heteroatoms. The molecule has 3 heterocycles. The number of carbonyl (C=O) groups is 1. The second-order valence-electron chi connectivity index (χ2n) is 7.07. The Labute approximate surface area is 145 Å². The van der Waals surface area contributed by atoms with Crippen LogP contribution in [0.3, 0.4) is 0 Å². The van der Waals surface area contributed by atoms with Crippen molar-refractivity contribution in [2.24, 2.45) is 0 Å². The molecule has 7 nitrogen and oxygen atoms in total. The fraction of sp³-hybridized carbons (Fsp3) is 0.500. The maximum Gasteiger partial charge on any atom is 0.414 e. The van der Waals surface area contributed by atoms with Gasteiger partial charge in [-0.25, -0.2) is 4.79 Å². The molecular formula is C18H21N3O4. The zero-order valence-corrected chi connectivity index (χ0v) is 14.4. The number of rotatable bonds is 3. The molecule has 2 saturated heterocycles. The van der Waals surface area contributed by atoms with Gasteiger partial charge in [-0.05, 0) is 44.9 Å². The number of hydrogen-bond acceptors (Lipinski definition) is 6. The summed E-state index contributed by atoms with van der Waals surface area (Å²) < 4.78 is 16.2. The third-order valence-electron chi connectivity index (χ3n) is 4.67. The number of benzene rings is 1. The lowest BCUT2D eigenvalue weighted by molar-refractivity contribution is -0.0604. The first kappa shape index (κ1) is 16.1. The standard InChI is InChI=1S/C18H21N3O4/c1-18(2)11-13(6-8-24-18)15-19-16(25-20-15)12-4-3-5-14(10-12)21-7-9-23-17(21)22/h3-5,10,13H,6-9,11H2,1-2H3. The van der Waals surface area contributed by atoms with Crippen LogP contribution in [0.1, 0.15) is 38.4 Å². The zero-order chi connectivity index (χ0) is 17.4. The summed E-state index contributed by atoms with van der Waals surface area (Å²) in [4.78, 5) is 17.9. The third-order valence-corrected chi connectivity index (χ3v) is 4.67. The Hall–Kier alpha value is -2.41. The first-order valence-corrected chi connectivity index (χ1v) is 8.54. The molecule has 2 aliphatic rings. The topological polar surface area (TPSA) is 77.7 Å². The van der Waals surface area contributed by atoms with Gasteiger partial charge in [0.05, 0.1) is 12.1 Å². The van der Waals surface area contributed by atoms with Crippen molar-refractivity contribution in [1.82, 2.24) is 10.1 Å². The minimum Gasteiger partial charge on any atom is -0.447 e. The van der Waals surface area contributed by atoms with Crippen molar-refractivity contribution in [3.63, 3.8) is 0 Å². The van der Waals surface area contributed by atoms with Crippen LogP contribution in [-0.4, -0.2) is 41.6 Å². The van der Waals surface area contributed by atoms with Crippen molar-refractivity contribution in [3.8, 4) is 11.5 Å². The van der Waals surface area contributed by atoms with Gasteiger partial charge >= 0.3 is 6.09 Å². The molecule has 25 heavy (non-hydrogen) atoms. The SMILES string of the molecule is CC1(C)CC(c2noc(-c3cccc(N4CCOC4=O)c3)n2)CCO1. The summed E-state index contributed by atoms with van der Waals surface area (Å²) in [6.07, 6.45) is 1.43. The summed E-state index contributed by atoms with van der Waals surface area (Å²) in [6, 6.07) is 7.51. The van der Waals surface area contributed by atoms with Crippen LogP contribution >= 0.6 is 0 Å². The average Bonchev–Trinajstić information content (AvgIpc) is 3.23. The Bertz CT molecular complexity index is 786. The number of nitrogens with zero attached hydrogens (tertiary/aromatic N) is 3. The van der Waals surface area contributed by atoms with E-state index in [1.165, 1.54) is 0 Å². The monoisotopic (exact) mass is 343 g/mol. The Morgan fingerprint density at radius 1 is 1.28 bits per heavy atom. The summed E-state index contributed by atoms with van der Waals surface area (Å²) in [7, 11) is 0. The molecule has 1 atom stereocenters. The molecule has 132 valence electrons. The fourth-order valence-corrected chi connectivity index (χ4v) is 3.40. The second kappa shape index (κ2) is 6.15. The molecule has 0 spiro atoms. The number of aromatic nitrogens is 2. The lowest BCUT2D eigenvalue weighted by atomic mass is 9.88. The van der Waals surface area contributed by atoms with E-state index in [1.807, 2.05) is 24.3 Å². The molecule has 1 aromatic heterocycles. The van der Waals surface area contributed by atoms with Crippen molar-refractivity contribution in [2.45, 2.75) is 38.2 Å². The molecule has 0 bridgehead atoms. The molecule has 1 unspecified atom stereocenters. The molecule has 0 radical (unpaired) electrons. The lowest BCUT2D eigenvalue weighted by Gasteiger charge is -2.34. The van der Waals surface area contributed by atoms with E-state index in [9.17, 15) is 4.79 Å². The summed E-state index contributed by atoms with van der Waals surface area (Å²) in [5, 5.41) is 4.18. The molecule has 2 fully saturated rings. The van der Waals surface area contributed by atoms with Crippen LogP contribution in [0, 0.1) is 0 Å². The van der Waals surface area contributed by atoms with Gasteiger partial charge in [-0.2, -0.15) is 4.98 Å². The number of ether oxygens (including phenoxy) is 2. The van der Waals surface area contributed by atoms with Crippen molar-refractivity contribution in [3.05, 3.63) is 30.1 Å². The maximum atomic E-state index is 11.7. The van der Waals surface area contributed by atoms with E-state index < -0.39 is 0 Å². The van der Waals surface area contributed by atoms with Gasteiger partial charge in [0.15, 0.2) is 5.82 Å². The number of hydrogen-bond donors (Lipinski definition) is 0. The average molecular weight is 343 g/mol. The van der Waals surface area contributed by atoms with Crippen LogP contribution in [0.4, 0.5) is 10.5 Å². The van der Waals surface area contributed by atoms with Crippen LogP contribution in [-0.2, 0) is 9.47 Å². The second-order valence-corrected chi connectivity index (χ2v) is 7.07. The highest BCUT2D eigenvalue weighted by atomic mass is 16.6. The molecular weight excluding hydrogens is 322 g/mol. The lowest BCUT2D eigenvalue weighted by Crippen LogP contribution is -2.33. The van der Waals surface area contributed by atoms with E-state index in [4.69, 9.17) is 14.0 Å². The molecule has 0 N–H and O–H groups in total. The Kier molecular flexibility index (Phi) is 3.95. The van der Waals surface area contributed by atoms with Gasteiger partial charge in [0.2, 0.25) is 0 Å². The van der Waals surface area contributed by atoms with E-state index in [0.717, 1.165) is 29.9 Å². The molecule has 1 aromatic carbocycles. The predicted octanol–water partition coefficient (Wildman–Crippen LogP) is 3.37. The zero-order valence-electron chi connectivity index (χ0n) is 14.4. The highest BCUT2D eigenvalue weighted by Crippen LogP contribution is 2.35. The summed E-state index contributed by atoms with van der Waals surface area (Å²) >= 11 is 0. The highest BCUT2D eigenvalue weighted by Gasteiger charge is 2.32. The van der Waals surface area contributed by atoms with Crippen molar-refractivity contribution in [2.75, 3.05) is 24.7 Å². The summed E-state index contributed by atoms with van der Waals surface area (Å²) in [5.74, 6) is 1.42. The quantitative estimate of drug-likeness (QED) is 0.850. The van der Waals surface area contributed by atoms with Gasteiger partial charge in [0.25, 0.3) is 5.89 Å². The van der Waals surface area contributed by atoms with E-state index in [-0.39, 0.29) is 17.6 Å². The number of amides is 1. The Morgan fingerprint density at radius 3 is 2.92 bits per heavy atom. The Morgan fingerprint density at radius 2 is 2.16 bits per heavy atom. The van der Waals surface area contributed by atoms with Gasteiger partial charge < -0.3 is 14.0 Å². The molecule has 1 amide bonds. The van der Waals surface area contributed by atoms with Crippen LogP contribution in [0.15, 0.2) is 28.8 Å². The predicted molar refractivity (Wildman–Crippen MR) is 90.4 cm³/mol. The normalized spacial score (nSPS) is 22.9. The summed E-state index contributed by atoms with van der Waals surface area (Å²) in [5.41, 5.74) is 1.40. The number of cyclic esters (lactones) is 1. The van der Waals surface area contributed by atoms with E-state index in [1.54, 1.807) is 4.90 Å². The largest absolute Gasteiger partial charge is 0.447 e. The van der Waals surface area contributed by atoms with E-state index in [2.05, 4.69) is 24.0 Å². The smallest absolute Gasteiger partial charge is 0.414 e. The van der Waals surface area contributed by atoms with E-state index >= 15 is 0 Å². The molecule has 2 aromatic rings. The first-order valence-electron chi connectivity index (χ1n) is 8.54. The maximum absolute atomic E-state index is 11.7. The molecule has 2 aliphatic heterocycles. The first-order chi connectivity index (χ1) is 12.0.